The van der Waals surface area contributed by atoms with Gasteiger partial charge in [0.1, 0.15) is 0 Å². The van der Waals surface area contributed by atoms with Gasteiger partial charge in [-0.1, -0.05) is 24.3 Å². The Morgan fingerprint density at radius 2 is 1.97 bits per heavy atom. The minimum absolute atomic E-state index is 0. The molecule has 5 nitrogen and oxygen atoms in total. The number of aliphatic imine (C=N–C) groups is 1. The predicted molar refractivity (Wildman–Crippen MR) is 144 cm³/mol. The summed E-state index contributed by atoms with van der Waals surface area (Å²) in [6.45, 7) is 9.55. The zero-order valence-corrected chi connectivity index (χ0v) is 21.6. The lowest BCUT2D eigenvalue weighted by Crippen LogP contribution is -2.45. The van der Waals surface area contributed by atoms with Crippen molar-refractivity contribution in [3.63, 3.8) is 0 Å². The number of piperidine rings is 1. The van der Waals surface area contributed by atoms with E-state index < -0.39 is 0 Å². The fourth-order valence-corrected chi connectivity index (χ4v) is 5.30. The molecule has 2 unspecified atom stereocenters. The Kier molecular flexibility index (Phi) is 9.93. The number of likely N-dealkylation sites (tertiary alicyclic amines) is 1. The van der Waals surface area contributed by atoms with Gasteiger partial charge in [0, 0.05) is 55.9 Å². The van der Waals surface area contributed by atoms with E-state index in [4.69, 9.17) is 4.99 Å². The molecular formula is C24H36IN5S. The lowest BCUT2D eigenvalue weighted by Gasteiger charge is -2.31. The molecule has 0 aliphatic carbocycles. The molecule has 170 valence electrons. The highest BCUT2D eigenvalue weighted by Gasteiger charge is 2.24. The largest absolute Gasteiger partial charge is 0.369 e. The molecule has 0 bridgehead atoms. The standard InChI is InChI=1S/C24H35N5S.HI/c1-2-25-24(27-21-12-14-29(18-21)22-9-4-3-5-10-22)26-16-20-8-6-13-28(17-20)19-23-11-7-15-30-23;/h3-5,7,9-11,15,20-21H,2,6,8,12-14,16-19H2,1H3,(H2,25,26,27);1H. The van der Waals surface area contributed by atoms with Crippen LogP contribution in [-0.2, 0) is 6.54 Å². The zero-order chi connectivity index (χ0) is 20.6. The molecule has 1 aromatic heterocycles. The molecule has 2 saturated heterocycles. The van der Waals surface area contributed by atoms with Gasteiger partial charge in [0.15, 0.2) is 5.96 Å². The van der Waals surface area contributed by atoms with Gasteiger partial charge in [0.25, 0.3) is 0 Å². The number of guanidine groups is 1. The van der Waals surface area contributed by atoms with Crippen LogP contribution in [0.5, 0.6) is 0 Å². The number of para-hydroxylation sites is 1. The summed E-state index contributed by atoms with van der Waals surface area (Å²) < 4.78 is 0. The van der Waals surface area contributed by atoms with E-state index in [1.54, 1.807) is 0 Å². The fourth-order valence-electron chi connectivity index (χ4n) is 4.55. The monoisotopic (exact) mass is 553 g/mol. The van der Waals surface area contributed by atoms with E-state index in [0.29, 0.717) is 12.0 Å². The van der Waals surface area contributed by atoms with Gasteiger partial charge in [-0.2, -0.15) is 0 Å². The van der Waals surface area contributed by atoms with Crippen LogP contribution in [0.3, 0.4) is 0 Å². The molecule has 0 radical (unpaired) electrons. The van der Waals surface area contributed by atoms with Gasteiger partial charge in [-0.3, -0.25) is 9.89 Å². The van der Waals surface area contributed by atoms with Gasteiger partial charge in [0.2, 0.25) is 0 Å². The maximum atomic E-state index is 4.98. The summed E-state index contributed by atoms with van der Waals surface area (Å²) in [5.74, 6) is 1.63. The van der Waals surface area contributed by atoms with E-state index >= 15 is 0 Å². The van der Waals surface area contributed by atoms with E-state index in [1.165, 1.54) is 30.0 Å². The highest BCUT2D eigenvalue weighted by molar-refractivity contribution is 14.0. The number of nitrogens with one attached hydrogen (secondary N) is 2. The van der Waals surface area contributed by atoms with Gasteiger partial charge in [0.05, 0.1) is 0 Å². The molecule has 0 saturated carbocycles. The van der Waals surface area contributed by atoms with Gasteiger partial charge >= 0.3 is 0 Å². The van der Waals surface area contributed by atoms with Gasteiger partial charge in [-0.25, -0.2) is 0 Å². The van der Waals surface area contributed by atoms with Crippen LogP contribution in [0.15, 0.2) is 52.8 Å². The quantitative estimate of drug-likeness (QED) is 0.303. The first-order valence-electron chi connectivity index (χ1n) is 11.4. The van der Waals surface area contributed by atoms with E-state index in [2.05, 4.69) is 75.2 Å². The van der Waals surface area contributed by atoms with Crippen LogP contribution in [0.4, 0.5) is 5.69 Å². The van der Waals surface area contributed by atoms with Crippen LogP contribution in [0.2, 0.25) is 0 Å². The zero-order valence-electron chi connectivity index (χ0n) is 18.5. The normalized spacial score (nSPS) is 22.2. The summed E-state index contributed by atoms with van der Waals surface area (Å²) in [5.41, 5.74) is 1.32. The molecule has 7 heteroatoms. The fraction of sp³-hybridized carbons (Fsp3) is 0.542. The van der Waals surface area contributed by atoms with E-state index in [-0.39, 0.29) is 24.0 Å². The lowest BCUT2D eigenvalue weighted by molar-refractivity contribution is 0.172. The number of benzene rings is 1. The van der Waals surface area contributed by atoms with Crippen LogP contribution in [-0.4, -0.2) is 56.2 Å². The van der Waals surface area contributed by atoms with Gasteiger partial charge < -0.3 is 15.5 Å². The second kappa shape index (κ2) is 12.6. The minimum Gasteiger partial charge on any atom is -0.369 e. The topological polar surface area (TPSA) is 42.9 Å². The van der Waals surface area contributed by atoms with Crippen molar-refractivity contribution in [1.82, 2.24) is 15.5 Å². The van der Waals surface area contributed by atoms with E-state index in [9.17, 15) is 0 Å². The second-order valence-corrected chi connectivity index (χ2v) is 9.49. The van der Waals surface area contributed by atoms with Crippen molar-refractivity contribution in [3.05, 3.63) is 52.7 Å². The Morgan fingerprint density at radius 3 is 2.74 bits per heavy atom. The lowest BCUT2D eigenvalue weighted by atomic mass is 9.98. The molecule has 2 aliphatic rings. The maximum Gasteiger partial charge on any atom is 0.191 e. The van der Waals surface area contributed by atoms with Crippen molar-refractivity contribution >= 4 is 47.0 Å². The average Bonchev–Trinajstić information content (AvgIpc) is 3.45. The van der Waals surface area contributed by atoms with Gasteiger partial charge in [-0.05, 0) is 62.2 Å². The molecule has 1 aromatic carbocycles. The Bertz CT molecular complexity index is 783. The number of nitrogens with zero attached hydrogens (tertiary/aromatic N) is 3. The van der Waals surface area contributed by atoms with Crippen molar-refractivity contribution < 1.29 is 0 Å². The van der Waals surface area contributed by atoms with Crippen LogP contribution in [0.25, 0.3) is 0 Å². The Balaban J connectivity index is 0.00000272. The molecular weight excluding hydrogens is 517 g/mol. The summed E-state index contributed by atoms with van der Waals surface area (Å²) in [4.78, 5) is 11.5. The summed E-state index contributed by atoms with van der Waals surface area (Å²) in [6, 6.07) is 15.6. The summed E-state index contributed by atoms with van der Waals surface area (Å²) >= 11 is 1.87. The van der Waals surface area contributed by atoms with Crippen LogP contribution in [0.1, 0.15) is 31.1 Å². The summed E-state index contributed by atoms with van der Waals surface area (Å²) in [7, 11) is 0. The third-order valence-electron chi connectivity index (χ3n) is 6.06. The number of thiophene rings is 1. The number of hydrogen-bond acceptors (Lipinski definition) is 4. The van der Waals surface area contributed by atoms with Crippen molar-refractivity contribution in [2.45, 2.75) is 38.8 Å². The Hall–Kier alpha value is -1.32. The highest BCUT2D eigenvalue weighted by Crippen LogP contribution is 2.21. The van der Waals surface area contributed by atoms with E-state index in [1.807, 2.05) is 11.3 Å². The Morgan fingerprint density at radius 1 is 1.10 bits per heavy atom. The number of rotatable bonds is 7. The molecule has 31 heavy (non-hydrogen) atoms. The first-order valence-corrected chi connectivity index (χ1v) is 12.3. The second-order valence-electron chi connectivity index (χ2n) is 8.45. The van der Waals surface area contributed by atoms with Crippen molar-refractivity contribution in [3.8, 4) is 0 Å². The van der Waals surface area contributed by atoms with E-state index in [0.717, 1.165) is 51.6 Å². The smallest absolute Gasteiger partial charge is 0.191 e. The molecule has 3 heterocycles. The summed E-state index contributed by atoms with van der Waals surface area (Å²) in [5, 5.41) is 9.33. The SMILES string of the molecule is CCNC(=NCC1CCCN(Cc2cccs2)C1)NC1CCN(c2ccccc2)C1.I. The highest BCUT2D eigenvalue weighted by atomic mass is 127. The molecule has 2 fully saturated rings. The molecule has 2 atom stereocenters. The predicted octanol–water partition coefficient (Wildman–Crippen LogP) is 4.41. The van der Waals surface area contributed by atoms with Crippen molar-refractivity contribution in [2.24, 2.45) is 10.9 Å². The molecule has 2 aromatic rings. The third kappa shape index (κ3) is 7.36. The average molecular weight is 554 g/mol. The van der Waals surface area contributed by atoms with Gasteiger partial charge in [-0.15, -0.1) is 35.3 Å². The van der Waals surface area contributed by atoms with Crippen molar-refractivity contribution in [1.29, 1.82) is 0 Å². The van der Waals surface area contributed by atoms with Crippen LogP contribution >= 0.6 is 35.3 Å². The first kappa shape index (κ1) is 24.3. The maximum absolute atomic E-state index is 4.98. The number of hydrogen-bond donors (Lipinski definition) is 2. The molecule has 0 amide bonds. The van der Waals surface area contributed by atoms with Crippen molar-refractivity contribution in [2.75, 3.05) is 44.2 Å². The molecule has 4 rings (SSSR count). The number of halogens is 1. The number of anilines is 1. The Labute approximate surface area is 208 Å². The molecule has 2 N–H and O–H groups in total. The molecule has 0 spiro atoms. The van der Waals surface area contributed by atoms with Crippen LogP contribution < -0.4 is 15.5 Å². The minimum atomic E-state index is 0. The first-order chi connectivity index (χ1) is 14.8. The third-order valence-corrected chi connectivity index (χ3v) is 6.93. The van der Waals surface area contributed by atoms with Crippen LogP contribution in [0, 0.1) is 5.92 Å². The molecule has 2 aliphatic heterocycles. The summed E-state index contributed by atoms with van der Waals surface area (Å²) in [6.07, 6.45) is 3.72.